The average Bonchev–Trinajstić information content (AvgIpc) is 3.02. The molecule has 0 unspecified atom stereocenters. The second-order valence-electron chi connectivity index (χ2n) is 8.42. The van der Waals surface area contributed by atoms with Gasteiger partial charge in [0.25, 0.3) is 0 Å². The third kappa shape index (κ3) is 5.65. The monoisotopic (exact) mass is 494 g/mol. The van der Waals surface area contributed by atoms with Crippen molar-refractivity contribution in [3.05, 3.63) is 33.8 Å². The number of methoxy groups -OCH3 is 1. The van der Waals surface area contributed by atoms with Gasteiger partial charge in [0.1, 0.15) is 17.4 Å². The molecule has 0 saturated carbocycles. The molecule has 1 fully saturated rings. The van der Waals surface area contributed by atoms with Gasteiger partial charge in [0.2, 0.25) is 0 Å². The second-order valence-corrected chi connectivity index (χ2v) is 9.27. The Labute approximate surface area is 190 Å². The SMILES string of the molecule is COc1cc2c(cc1Br)C(CO[C@@H]1C[C@@H](C(=O)O)N(C(=O)OC(C)(C)C)C1)=NCC=C2. The standard InChI is InChI=1S/C22H27BrN2O6/c1-22(2,3)31-21(28)25-11-14(9-18(25)20(26)27)30-12-17-15-10-16(23)19(29-4)8-13(15)6-5-7-24-17/h5-6,8,10,14,18H,7,9,11-12H2,1-4H3,(H,26,27)/t14-,18+/m1/s1. The predicted octanol–water partition coefficient (Wildman–Crippen LogP) is 3.75. The van der Waals surface area contributed by atoms with E-state index in [0.717, 1.165) is 27.1 Å². The summed E-state index contributed by atoms with van der Waals surface area (Å²) in [6.07, 6.45) is 3.06. The van der Waals surface area contributed by atoms with Crippen LogP contribution < -0.4 is 4.74 Å². The number of carboxylic acids is 1. The van der Waals surface area contributed by atoms with Gasteiger partial charge in [-0.15, -0.1) is 0 Å². The van der Waals surface area contributed by atoms with Crippen LogP contribution in [0.1, 0.15) is 38.3 Å². The van der Waals surface area contributed by atoms with Gasteiger partial charge in [-0.25, -0.2) is 9.59 Å². The largest absolute Gasteiger partial charge is 0.496 e. The van der Waals surface area contributed by atoms with Gasteiger partial charge in [0.05, 0.1) is 43.1 Å². The molecule has 1 saturated heterocycles. The first-order valence-electron chi connectivity index (χ1n) is 10.0. The van der Waals surface area contributed by atoms with E-state index < -0.39 is 29.8 Å². The van der Waals surface area contributed by atoms with Crippen LogP contribution in [-0.2, 0) is 14.3 Å². The topological polar surface area (TPSA) is 97.7 Å². The Balaban J connectivity index is 1.72. The Morgan fingerprint density at radius 3 is 2.71 bits per heavy atom. The highest BCUT2D eigenvalue weighted by molar-refractivity contribution is 9.10. The molecule has 31 heavy (non-hydrogen) atoms. The van der Waals surface area contributed by atoms with E-state index in [0.29, 0.717) is 6.54 Å². The van der Waals surface area contributed by atoms with Crippen molar-refractivity contribution in [3.63, 3.8) is 0 Å². The number of hydrogen-bond donors (Lipinski definition) is 1. The molecule has 1 N–H and O–H groups in total. The quantitative estimate of drug-likeness (QED) is 0.669. The van der Waals surface area contributed by atoms with Crippen LogP contribution in [0, 0.1) is 0 Å². The smallest absolute Gasteiger partial charge is 0.411 e. The van der Waals surface area contributed by atoms with Gasteiger partial charge in [-0.3, -0.25) is 9.89 Å². The highest BCUT2D eigenvalue weighted by atomic mass is 79.9. The number of ether oxygens (including phenoxy) is 3. The molecule has 8 nitrogen and oxygen atoms in total. The molecule has 2 atom stereocenters. The summed E-state index contributed by atoms with van der Waals surface area (Å²) in [6.45, 7) is 6.09. The number of aliphatic carboxylic acids is 1. The molecule has 0 bridgehead atoms. The summed E-state index contributed by atoms with van der Waals surface area (Å²) in [4.78, 5) is 30.0. The number of amides is 1. The number of carbonyl (C=O) groups excluding carboxylic acids is 1. The van der Waals surface area contributed by atoms with Crippen molar-refractivity contribution in [2.75, 3.05) is 26.8 Å². The number of rotatable bonds is 5. The van der Waals surface area contributed by atoms with Crippen molar-refractivity contribution >= 4 is 39.8 Å². The third-order valence-electron chi connectivity index (χ3n) is 4.95. The fraction of sp³-hybridized carbons (Fsp3) is 0.500. The maximum absolute atomic E-state index is 12.5. The number of halogens is 1. The van der Waals surface area contributed by atoms with E-state index >= 15 is 0 Å². The van der Waals surface area contributed by atoms with Gasteiger partial charge in [-0.05, 0) is 54.4 Å². The molecule has 168 valence electrons. The normalized spacial score (nSPS) is 20.7. The molecule has 1 aromatic rings. The molecule has 0 aromatic heterocycles. The van der Waals surface area contributed by atoms with Crippen LogP contribution in [0.5, 0.6) is 5.75 Å². The lowest BCUT2D eigenvalue weighted by atomic mass is 10.0. The summed E-state index contributed by atoms with van der Waals surface area (Å²) in [5, 5.41) is 9.56. The number of likely N-dealkylation sites (tertiary alicyclic amines) is 1. The summed E-state index contributed by atoms with van der Waals surface area (Å²) in [5.41, 5.74) is 1.92. The molecule has 1 aromatic carbocycles. The molecule has 0 radical (unpaired) electrons. The minimum Gasteiger partial charge on any atom is -0.496 e. The first kappa shape index (κ1) is 23.3. The van der Waals surface area contributed by atoms with E-state index in [1.54, 1.807) is 27.9 Å². The van der Waals surface area contributed by atoms with Crippen molar-refractivity contribution < 1.29 is 28.9 Å². The lowest BCUT2D eigenvalue weighted by Crippen LogP contribution is -2.43. The number of aliphatic imine (C=N–C) groups is 1. The maximum atomic E-state index is 12.5. The van der Waals surface area contributed by atoms with E-state index in [1.807, 2.05) is 24.3 Å². The number of carboxylic acid groups (broad SMARTS) is 1. The summed E-state index contributed by atoms with van der Waals surface area (Å²) >= 11 is 3.51. The second kappa shape index (κ2) is 9.40. The molecule has 0 spiro atoms. The van der Waals surface area contributed by atoms with E-state index in [2.05, 4.69) is 20.9 Å². The Hall–Kier alpha value is -2.39. The van der Waals surface area contributed by atoms with Crippen LogP contribution in [-0.4, -0.2) is 72.3 Å². The van der Waals surface area contributed by atoms with Crippen molar-refractivity contribution in [2.24, 2.45) is 4.99 Å². The van der Waals surface area contributed by atoms with Crippen LogP contribution in [0.4, 0.5) is 4.79 Å². The fourth-order valence-corrected chi connectivity index (χ4v) is 4.04. The van der Waals surface area contributed by atoms with Gasteiger partial charge >= 0.3 is 12.1 Å². The van der Waals surface area contributed by atoms with E-state index in [-0.39, 0.29) is 19.6 Å². The van der Waals surface area contributed by atoms with Crippen molar-refractivity contribution in [1.29, 1.82) is 0 Å². The first-order chi connectivity index (χ1) is 14.6. The molecule has 2 aliphatic heterocycles. The highest BCUT2D eigenvalue weighted by Gasteiger charge is 2.42. The molecule has 2 heterocycles. The summed E-state index contributed by atoms with van der Waals surface area (Å²) in [7, 11) is 1.61. The lowest BCUT2D eigenvalue weighted by Gasteiger charge is -2.26. The van der Waals surface area contributed by atoms with E-state index in [9.17, 15) is 14.7 Å². The number of nitrogens with zero attached hydrogens (tertiary/aromatic N) is 2. The van der Waals surface area contributed by atoms with Crippen LogP contribution in [0.25, 0.3) is 6.08 Å². The van der Waals surface area contributed by atoms with Crippen molar-refractivity contribution in [3.8, 4) is 5.75 Å². The molecule has 1 amide bonds. The van der Waals surface area contributed by atoms with Crippen LogP contribution in [0.15, 0.2) is 27.7 Å². The third-order valence-corrected chi connectivity index (χ3v) is 5.57. The zero-order valence-corrected chi connectivity index (χ0v) is 19.6. The summed E-state index contributed by atoms with van der Waals surface area (Å²) < 4.78 is 17.6. The number of benzene rings is 1. The summed E-state index contributed by atoms with van der Waals surface area (Å²) in [5.74, 6) is -0.354. The Bertz CT molecular complexity index is 921. The Morgan fingerprint density at radius 2 is 2.06 bits per heavy atom. The molecule has 3 rings (SSSR count). The molecular formula is C22H27BrN2O6. The minimum atomic E-state index is -1.07. The average molecular weight is 495 g/mol. The zero-order valence-electron chi connectivity index (χ0n) is 18.1. The lowest BCUT2D eigenvalue weighted by molar-refractivity contribution is -0.142. The zero-order chi connectivity index (χ0) is 22.8. The molecule has 0 aliphatic carbocycles. The van der Waals surface area contributed by atoms with E-state index in [4.69, 9.17) is 14.2 Å². The number of hydrogen-bond acceptors (Lipinski definition) is 6. The maximum Gasteiger partial charge on any atom is 0.411 e. The van der Waals surface area contributed by atoms with E-state index in [1.165, 1.54) is 4.90 Å². The van der Waals surface area contributed by atoms with Crippen molar-refractivity contribution in [1.82, 2.24) is 4.90 Å². The van der Waals surface area contributed by atoms with Gasteiger partial charge < -0.3 is 19.3 Å². The van der Waals surface area contributed by atoms with Gasteiger partial charge in [-0.2, -0.15) is 0 Å². The number of carbonyl (C=O) groups is 2. The predicted molar refractivity (Wildman–Crippen MR) is 120 cm³/mol. The molecular weight excluding hydrogens is 468 g/mol. The first-order valence-corrected chi connectivity index (χ1v) is 10.8. The molecule has 9 heteroatoms. The van der Waals surface area contributed by atoms with Crippen LogP contribution >= 0.6 is 15.9 Å². The molecule has 2 aliphatic rings. The highest BCUT2D eigenvalue weighted by Crippen LogP contribution is 2.31. The number of fused-ring (bicyclic) bond motifs is 1. The Kier molecular flexibility index (Phi) is 7.06. The van der Waals surface area contributed by atoms with Crippen molar-refractivity contribution in [2.45, 2.75) is 44.9 Å². The Morgan fingerprint density at radius 1 is 1.32 bits per heavy atom. The van der Waals surface area contributed by atoms with Crippen LogP contribution in [0.2, 0.25) is 0 Å². The van der Waals surface area contributed by atoms with Gasteiger partial charge in [-0.1, -0.05) is 12.2 Å². The summed E-state index contributed by atoms with van der Waals surface area (Å²) in [6, 6.07) is 2.88. The van der Waals surface area contributed by atoms with Crippen LogP contribution in [0.3, 0.4) is 0 Å². The minimum absolute atomic E-state index is 0.149. The van der Waals surface area contributed by atoms with Gasteiger partial charge in [0.15, 0.2) is 0 Å². The fourth-order valence-electron chi connectivity index (χ4n) is 3.54. The van der Waals surface area contributed by atoms with Gasteiger partial charge in [0, 0.05) is 12.0 Å².